The summed E-state index contributed by atoms with van der Waals surface area (Å²) in [5, 5.41) is 6.32. The first kappa shape index (κ1) is 25.8. The highest BCUT2D eigenvalue weighted by atomic mass is 31.2. The smallest absolute Gasteiger partial charge is 0.404 e. The van der Waals surface area contributed by atoms with Gasteiger partial charge in [-0.15, -0.1) is 0 Å². The van der Waals surface area contributed by atoms with Crippen LogP contribution in [0.25, 0.3) is 64.6 Å². The van der Waals surface area contributed by atoms with Crippen LogP contribution in [0.15, 0.2) is 82.4 Å². The zero-order valence-corrected chi connectivity index (χ0v) is 22.3. The molecule has 13 heteroatoms. The van der Waals surface area contributed by atoms with Crippen molar-refractivity contribution in [2.75, 3.05) is 0 Å². The molecule has 41 heavy (non-hydrogen) atoms. The average molecular weight is 590 g/mol. The third kappa shape index (κ3) is 4.03. The second-order valence-corrected chi connectivity index (χ2v) is 11.8. The summed E-state index contributed by atoms with van der Waals surface area (Å²) in [5.41, 5.74) is -0.706. The standard InChI is InChI=1S/C28H16O11P2/c29-27-19-5-1-4-18-24-16-10-8-14(38-40(31,32)33)12-22(16)28(30)20-6-2-3-17(26(20)24)23(25(18)19)15-9-7-13(11-21(15)27)37-39-41(34,35)36/h1-12H,(H2,31,32,33)(H2,34,35,36). The highest BCUT2D eigenvalue weighted by Gasteiger charge is 2.23. The Kier molecular flexibility index (Phi) is 5.44. The van der Waals surface area contributed by atoms with E-state index in [1.807, 2.05) is 12.1 Å². The Balaban J connectivity index is 1.66. The van der Waals surface area contributed by atoms with Crippen LogP contribution in [0, 0.1) is 0 Å². The van der Waals surface area contributed by atoms with Crippen molar-refractivity contribution >= 4 is 80.3 Å². The van der Waals surface area contributed by atoms with Crippen LogP contribution in [0.1, 0.15) is 0 Å². The maximum absolute atomic E-state index is 13.7. The number of phosphoric acid groups is 2. The second kappa shape index (κ2) is 8.66. The van der Waals surface area contributed by atoms with Gasteiger partial charge in [0.1, 0.15) is 5.75 Å². The maximum Gasteiger partial charge on any atom is 0.524 e. The van der Waals surface area contributed by atoms with Gasteiger partial charge in [-0.3, -0.25) is 19.4 Å². The average Bonchev–Trinajstić information content (AvgIpc) is 2.92. The van der Waals surface area contributed by atoms with Crippen molar-refractivity contribution in [1.29, 1.82) is 0 Å². The normalized spacial score (nSPS) is 12.9. The molecule has 0 aliphatic heterocycles. The third-order valence-electron chi connectivity index (χ3n) is 7.12. The van der Waals surface area contributed by atoms with E-state index in [2.05, 4.69) is 4.67 Å². The van der Waals surface area contributed by atoms with Gasteiger partial charge in [-0.25, -0.2) is 9.13 Å². The molecule has 0 saturated carbocycles. The predicted octanol–water partition coefficient (Wildman–Crippen LogP) is 5.08. The van der Waals surface area contributed by atoms with Crippen LogP contribution in [-0.4, -0.2) is 19.6 Å². The van der Waals surface area contributed by atoms with Crippen LogP contribution in [0.4, 0.5) is 0 Å². The van der Waals surface area contributed by atoms with Crippen molar-refractivity contribution in [3.8, 4) is 11.5 Å². The number of hydrogen-bond donors (Lipinski definition) is 4. The molecule has 7 aromatic rings. The maximum atomic E-state index is 13.7. The van der Waals surface area contributed by atoms with E-state index in [4.69, 9.17) is 19.2 Å². The van der Waals surface area contributed by atoms with Crippen molar-refractivity contribution in [3.05, 3.63) is 93.2 Å². The SMILES string of the molecule is O=c1c2cc(OOP(=O)(O)O)ccc2c2c3cccc4c(=O)c5cc(OP(=O)(O)O)ccc5c(c5cccc1c52)c43. The quantitative estimate of drug-likeness (QED) is 0.0691. The first-order chi connectivity index (χ1) is 19.4. The fourth-order valence-corrected chi connectivity index (χ4v) is 6.32. The van der Waals surface area contributed by atoms with Gasteiger partial charge in [0.15, 0.2) is 16.6 Å². The Bertz CT molecular complexity index is 2450. The fraction of sp³-hybridized carbons (Fsp3) is 0. The summed E-state index contributed by atoms with van der Waals surface area (Å²) in [6, 6.07) is 19.1. The molecule has 11 nitrogen and oxygen atoms in total. The number of fused-ring (bicyclic) bond motifs is 6. The summed E-state index contributed by atoms with van der Waals surface area (Å²) in [5.74, 6) is -0.245. The third-order valence-corrected chi connectivity index (χ3v) is 7.84. The number of rotatable bonds is 5. The Labute approximate surface area is 227 Å². The van der Waals surface area contributed by atoms with Gasteiger partial charge in [-0.05, 0) is 68.7 Å². The van der Waals surface area contributed by atoms with Crippen molar-refractivity contribution in [2.24, 2.45) is 0 Å². The molecular formula is C28H16O11P2. The van der Waals surface area contributed by atoms with Crippen LogP contribution in [-0.2, 0) is 13.8 Å². The molecule has 0 aromatic heterocycles. The summed E-state index contributed by atoms with van der Waals surface area (Å²) in [6.45, 7) is 0. The van der Waals surface area contributed by atoms with E-state index in [0.717, 1.165) is 0 Å². The minimum atomic E-state index is -4.94. The van der Waals surface area contributed by atoms with E-state index >= 15 is 0 Å². The Morgan fingerprint density at radius 2 is 0.927 bits per heavy atom. The van der Waals surface area contributed by atoms with Crippen LogP contribution in [0.3, 0.4) is 0 Å². The summed E-state index contributed by atoms with van der Waals surface area (Å²) in [4.78, 5) is 68.7. The summed E-state index contributed by atoms with van der Waals surface area (Å²) >= 11 is 0. The molecule has 4 N–H and O–H groups in total. The molecule has 0 heterocycles. The Morgan fingerprint density at radius 3 is 1.41 bits per heavy atom. The first-order valence-corrected chi connectivity index (χ1v) is 15.0. The van der Waals surface area contributed by atoms with Crippen LogP contribution in [0.5, 0.6) is 11.5 Å². The predicted molar refractivity (Wildman–Crippen MR) is 153 cm³/mol. The molecule has 0 radical (unpaired) electrons. The Morgan fingerprint density at radius 1 is 0.488 bits per heavy atom. The number of hydrogen-bond acceptors (Lipinski definition) is 7. The lowest BCUT2D eigenvalue weighted by atomic mass is 9.85. The van der Waals surface area contributed by atoms with E-state index in [0.29, 0.717) is 53.9 Å². The minimum Gasteiger partial charge on any atom is -0.404 e. The van der Waals surface area contributed by atoms with Gasteiger partial charge in [0, 0.05) is 32.3 Å². The van der Waals surface area contributed by atoms with Gasteiger partial charge >= 0.3 is 15.6 Å². The lowest BCUT2D eigenvalue weighted by molar-refractivity contribution is -0.122. The van der Waals surface area contributed by atoms with Crippen molar-refractivity contribution in [2.45, 2.75) is 0 Å². The molecule has 0 spiro atoms. The van der Waals surface area contributed by atoms with Gasteiger partial charge in [-0.1, -0.05) is 41.1 Å². The van der Waals surface area contributed by atoms with Crippen molar-refractivity contribution in [1.82, 2.24) is 0 Å². The summed E-state index contributed by atoms with van der Waals surface area (Å²) < 4.78 is 31.4. The number of phosphoric ester groups is 1. The Hall–Kier alpha value is -4.18. The largest absolute Gasteiger partial charge is 0.524 e. The number of benzene rings is 7. The fourth-order valence-electron chi connectivity index (χ4n) is 5.75. The molecule has 204 valence electrons. The zero-order valence-electron chi connectivity index (χ0n) is 20.5. The second-order valence-electron chi connectivity index (χ2n) is 9.51. The lowest BCUT2D eigenvalue weighted by Gasteiger charge is -2.18. The van der Waals surface area contributed by atoms with Crippen molar-refractivity contribution < 1.29 is 42.8 Å². The van der Waals surface area contributed by atoms with Gasteiger partial charge in [0.2, 0.25) is 0 Å². The molecule has 0 fully saturated rings. The van der Waals surface area contributed by atoms with E-state index in [1.165, 1.54) is 24.3 Å². The molecule has 0 unspecified atom stereocenters. The summed E-state index contributed by atoms with van der Waals surface area (Å²) in [7, 11) is -9.80. The van der Waals surface area contributed by atoms with Gasteiger partial charge in [0.25, 0.3) is 0 Å². The summed E-state index contributed by atoms with van der Waals surface area (Å²) in [6.07, 6.45) is 0. The van der Waals surface area contributed by atoms with E-state index < -0.39 is 15.6 Å². The molecule has 0 saturated heterocycles. The lowest BCUT2D eigenvalue weighted by Crippen LogP contribution is -2.07. The van der Waals surface area contributed by atoms with Crippen LogP contribution >= 0.6 is 15.6 Å². The van der Waals surface area contributed by atoms with E-state index in [-0.39, 0.29) is 33.1 Å². The van der Waals surface area contributed by atoms with Gasteiger partial charge < -0.3 is 19.2 Å². The van der Waals surface area contributed by atoms with E-state index in [9.17, 15) is 28.5 Å². The van der Waals surface area contributed by atoms with E-state index in [1.54, 1.807) is 36.4 Å². The molecule has 0 aliphatic carbocycles. The molecular weight excluding hydrogens is 574 g/mol. The molecule has 0 atom stereocenters. The highest BCUT2D eigenvalue weighted by Crippen LogP contribution is 2.45. The first-order valence-electron chi connectivity index (χ1n) is 12.0. The van der Waals surface area contributed by atoms with Crippen LogP contribution in [0.2, 0.25) is 0 Å². The molecule has 0 aliphatic rings. The monoisotopic (exact) mass is 590 g/mol. The molecule has 0 amide bonds. The highest BCUT2D eigenvalue weighted by molar-refractivity contribution is 7.46. The van der Waals surface area contributed by atoms with Crippen molar-refractivity contribution in [3.63, 3.8) is 0 Å². The van der Waals surface area contributed by atoms with Crippen LogP contribution < -0.4 is 20.3 Å². The topological polar surface area (TPSA) is 177 Å². The molecule has 0 bridgehead atoms. The zero-order chi connectivity index (χ0) is 28.8. The van der Waals surface area contributed by atoms with Gasteiger partial charge in [-0.2, -0.15) is 0 Å². The van der Waals surface area contributed by atoms with Gasteiger partial charge in [0.05, 0.1) is 0 Å². The minimum absolute atomic E-state index is 0.0868. The molecule has 7 aromatic carbocycles. The molecule has 7 rings (SSSR count).